The van der Waals surface area contributed by atoms with E-state index in [1.54, 1.807) is 0 Å². The maximum Gasteiger partial charge on any atom is 0.185 e. The highest BCUT2D eigenvalue weighted by Gasteiger charge is 2.17. The Labute approximate surface area is 85.0 Å². The van der Waals surface area contributed by atoms with Gasteiger partial charge in [0.25, 0.3) is 0 Å². The molecule has 13 heavy (non-hydrogen) atoms. The molecule has 0 fully saturated rings. The Hall–Kier alpha value is -0.0462. The van der Waals surface area contributed by atoms with Crippen LogP contribution in [0.15, 0.2) is 0 Å². The van der Waals surface area contributed by atoms with Gasteiger partial charge in [0.2, 0.25) is 0 Å². The maximum absolute atomic E-state index is 5.82. The molecule has 76 valence electrons. The van der Waals surface area contributed by atoms with Crippen molar-refractivity contribution in [2.75, 3.05) is 0 Å². The molecule has 1 unspecified atom stereocenters. The van der Waals surface area contributed by atoms with Crippen LogP contribution in [0, 0.1) is 11.5 Å². The molecule has 1 nitrogen and oxygen atoms in total. The highest BCUT2D eigenvalue weighted by atomic mass is 28.4. The van der Waals surface area contributed by atoms with Gasteiger partial charge in [0.15, 0.2) is 8.32 Å². The monoisotopic (exact) mass is 214 g/mol. The van der Waals surface area contributed by atoms with E-state index in [9.17, 15) is 0 Å². The molecule has 0 spiro atoms. The second-order valence-corrected chi connectivity index (χ2v) is 14.6. The van der Waals surface area contributed by atoms with E-state index in [-0.39, 0.29) is 6.10 Å². The molecule has 0 radical (unpaired) electrons. The normalized spacial score (nSPS) is 14.7. The molecule has 0 saturated carbocycles. The van der Waals surface area contributed by atoms with E-state index in [2.05, 4.69) is 50.7 Å². The largest absolute Gasteiger partial charge is 0.404 e. The minimum absolute atomic E-state index is 0.110. The van der Waals surface area contributed by atoms with Gasteiger partial charge in [-0.05, 0) is 26.6 Å². The van der Waals surface area contributed by atoms with Crippen molar-refractivity contribution < 1.29 is 4.43 Å². The second-order valence-electron chi connectivity index (χ2n) is 5.39. The van der Waals surface area contributed by atoms with E-state index in [0.29, 0.717) is 0 Å². The molecule has 0 aliphatic carbocycles. The fraction of sp³-hybridized carbons (Fsp3) is 0.800. The first-order valence-electron chi connectivity index (χ1n) is 4.81. The predicted octanol–water partition coefficient (Wildman–Crippen LogP) is 3.11. The van der Waals surface area contributed by atoms with Crippen LogP contribution in [0.1, 0.15) is 6.92 Å². The molecule has 0 rings (SSSR count). The zero-order chi connectivity index (χ0) is 10.7. The van der Waals surface area contributed by atoms with Crippen LogP contribution in [0.5, 0.6) is 0 Å². The number of hydrogen-bond acceptors (Lipinski definition) is 1. The van der Waals surface area contributed by atoms with Crippen molar-refractivity contribution in [3.63, 3.8) is 0 Å². The quantitative estimate of drug-likeness (QED) is 0.507. The van der Waals surface area contributed by atoms with Gasteiger partial charge in [-0.15, -0.1) is 5.54 Å². The smallest absolute Gasteiger partial charge is 0.185 e. The van der Waals surface area contributed by atoms with Crippen LogP contribution in [0.3, 0.4) is 0 Å². The van der Waals surface area contributed by atoms with Gasteiger partial charge >= 0.3 is 0 Å². The lowest BCUT2D eigenvalue weighted by Gasteiger charge is -2.20. The number of rotatable bonds is 2. The Morgan fingerprint density at radius 2 is 1.46 bits per heavy atom. The summed E-state index contributed by atoms with van der Waals surface area (Å²) in [7, 11) is -2.62. The van der Waals surface area contributed by atoms with Crippen molar-refractivity contribution in [2.45, 2.75) is 52.3 Å². The van der Waals surface area contributed by atoms with Crippen molar-refractivity contribution in [1.29, 1.82) is 0 Å². The lowest BCUT2D eigenvalue weighted by molar-refractivity contribution is 0.272. The Kier molecular flexibility index (Phi) is 4.43. The average Bonchev–Trinajstić information content (AvgIpc) is 1.78. The molecule has 3 heteroatoms. The third-order valence-electron chi connectivity index (χ3n) is 1.18. The van der Waals surface area contributed by atoms with Crippen LogP contribution in [0.25, 0.3) is 0 Å². The van der Waals surface area contributed by atoms with E-state index >= 15 is 0 Å². The summed E-state index contributed by atoms with van der Waals surface area (Å²) in [6, 6.07) is 0. The van der Waals surface area contributed by atoms with E-state index in [4.69, 9.17) is 4.43 Å². The molecule has 0 aliphatic rings. The lowest BCUT2D eigenvalue weighted by Crippen LogP contribution is -2.30. The van der Waals surface area contributed by atoms with E-state index in [1.807, 2.05) is 6.92 Å². The van der Waals surface area contributed by atoms with Crippen molar-refractivity contribution >= 4 is 16.4 Å². The molecule has 0 heterocycles. The summed E-state index contributed by atoms with van der Waals surface area (Å²) < 4.78 is 5.82. The first-order chi connectivity index (χ1) is 5.60. The highest BCUT2D eigenvalue weighted by molar-refractivity contribution is 6.83. The van der Waals surface area contributed by atoms with Gasteiger partial charge in [-0.1, -0.05) is 25.6 Å². The fourth-order valence-corrected chi connectivity index (χ4v) is 2.63. The maximum atomic E-state index is 5.82. The molecule has 1 atom stereocenters. The van der Waals surface area contributed by atoms with Crippen LogP contribution < -0.4 is 0 Å². The van der Waals surface area contributed by atoms with Crippen LogP contribution in [-0.2, 0) is 4.43 Å². The molecule has 0 aromatic carbocycles. The summed E-state index contributed by atoms with van der Waals surface area (Å²) in [4.78, 5) is 0. The third kappa shape index (κ3) is 9.87. The lowest BCUT2D eigenvalue weighted by atomic mass is 10.4. The molecule has 0 bridgehead atoms. The summed E-state index contributed by atoms with van der Waals surface area (Å²) in [6.45, 7) is 15.4. The average molecular weight is 214 g/mol. The minimum atomic E-state index is -1.40. The van der Waals surface area contributed by atoms with Crippen LogP contribution in [0.2, 0.25) is 39.3 Å². The molecule has 0 aromatic rings. The summed E-state index contributed by atoms with van der Waals surface area (Å²) in [5.74, 6) is 3.20. The minimum Gasteiger partial charge on any atom is -0.404 e. The van der Waals surface area contributed by atoms with Gasteiger partial charge in [-0.2, -0.15) is 0 Å². The molecular formula is C10H22OSi2. The SMILES string of the molecule is CC(C#C[Si](C)(C)C)O[Si](C)(C)C. The number of hydrogen-bond donors (Lipinski definition) is 0. The zero-order valence-electron chi connectivity index (χ0n) is 9.99. The standard InChI is InChI=1S/C10H22OSi2/c1-10(11-13(5,6)7)8-9-12(2,3)4/h10H,1-7H3. The van der Waals surface area contributed by atoms with Crippen molar-refractivity contribution in [3.05, 3.63) is 0 Å². The molecule has 0 aliphatic heterocycles. The van der Waals surface area contributed by atoms with E-state index in [1.165, 1.54) is 0 Å². The molecule has 0 aromatic heterocycles. The molecule has 0 saturated heterocycles. The predicted molar refractivity (Wildman–Crippen MR) is 65.0 cm³/mol. The van der Waals surface area contributed by atoms with Crippen molar-refractivity contribution in [2.24, 2.45) is 0 Å². The molecular weight excluding hydrogens is 192 g/mol. The van der Waals surface area contributed by atoms with Gasteiger partial charge in [0, 0.05) is 0 Å². The van der Waals surface area contributed by atoms with Crippen molar-refractivity contribution in [1.82, 2.24) is 0 Å². The third-order valence-corrected chi connectivity index (χ3v) is 3.14. The second kappa shape index (κ2) is 4.45. The van der Waals surface area contributed by atoms with Gasteiger partial charge in [-0.25, -0.2) is 0 Å². The summed E-state index contributed by atoms with van der Waals surface area (Å²) in [5.41, 5.74) is 3.33. The molecule has 0 amide bonds. The van der Waals surface area contributed by atoms with Gasteiger partial charge < -0.3 is 4.43 Å². The first kappa shape index (κ1) is 13.0. The van der Waals surface area contributed by atoms with Crippen molar-refractivity contribution in [3.8, 4) is 11.5 Å². The summed E-state index contributed by atoms with van der Waals surface area (Å²) in [5, 5.41) is 0. The van der Waals surface area contributed by atoms with Gasteiger partial charge in [0.05, 0.1) is 0 Å². The van der Waals surface area contributed by atoms with Gasteiger partial charge in [-0.3, -0.25) is 0 Å². The fourth-order valence-electron chi connectivity index (χ4n) is 0.878. The Bertz CT molecular complexity index is 212. The Morgan fingerprint density at radius 1 is 1.00 bits per heavy atom. The van der Waals surface area contributed by atoms with E-state index in [0.717, 1.165) is 0 Å². The highest BCUT2D eigenvalue weighted by Crippen LogP contribution is 2.06. The Balaban J connectivity index is 4.14. The van der Waals surface area contributed by atoms with Crippen LogP contribution in [0.4, 0.5) is 0 Å². The van der Waals surface area contributed by atoms with Crippen LogP contribution in [-0.4, -0.2) is 22.5 Å². The zero-order valence-corrected chi connectivity index (χ0v) is 12.0. The summed E-state index contributed by atoms with van der Waals surface area (Å²) >= 11 is 0. The van der Waals surface area contributed by atoms with Crippen LogP contribution >= 0.6 is 0 Å². The first-order valence-corrected chi connectivity index (χ1v) is 11.7. The molecule has 0 N–H and O–H groups in total. The Morgan fingerprint density at radius 3 is 1.77 bits per heavy atom. The topological polar surface area (TPSA) is 9.23 Å². The van der Waals surface area contributed by atoms with E-state index < -0.39 is 16.4 Å². The van der Waals surface area contributed by atoms with Gasteiger partial charge in [0.1, 0.15) is 14.2 Å². The summed E-state index contributed by atoms with van der Waals surface area (Å²) in [6.07, 6.45) is 0.110.